The first kappa shape index (κ1) is 18.6. The SMILES string of the molecule is CC(C)Oc1cccc(CNC(=O)CCc2ccc(Cl)cc2Cl)c1. The molecule has 5 heteroatoms. The lowest BCUT2D eigenvalue weighted by atomic mass is 10.1. The fourth-order valence-corrected chi connectivity index (χ4v) is 2.77. The third kappa shape index (κ3) is 6.06. The van der Waals surface area contributed by atoms with E-state index in [0.717, 1.165) is 16.9 Å². The average molecular weight is 366 g/mol. The maximum atomic E-state index is 12.0. The van der Waals surface area contributed by atoms with E-state index in [4.69, 9.17) is 27.9 Å². The average Bonchev–Trinajstić information content (AvgIpc) is 2.52. The lowest BCUT2D eigenvalue weighted by molar-refractivity contribution is -0.121. The van der Waals surface area contributed by atoms with Crippen molar-refractivity contribution in [3.05, 3.63) is 63.6 Å². The number of carbonyl (C=O) groups is 1. The predicted molar refractivity (Wildman–Crippen MR) is 98.8 cm³/mol. The van der Waals surface area contributed by atoms with Crippen LogP contribution in [0.2, 0.25) is 10.0 Å². The van der Waals surface area contributed by atoms with Crippen molar-refractivity contribution in [2.45, 2.75) is 39.3 Å². The second-order valence-corrected chi connectivity index (χ2v) is 6.67. The minimum absolute atomic E-state index is 0.0174. The molecule has 1 amide bonds. The van der Waals surface area contributed by atoms with E-state index in [1.54, 1.807) is 12.1 Å². The summed E-state index contributed by atoms with van der Waals surface area (Å²) in [4.78, 5) is 12.0. The Morgan fingerprint density at radius 1 is 1.17 bits per heavy atom. The smallest absolute Gasteiger partial charge is 0.220 e. The summed E-state index contributed by atoms with van der Waals surface area (Å²) in [6, 6.07) is 13.1. The van der Waals surface area contributed by atoms with Crippen molar-refractivity contribution in [3.8, 4) is 5.75 Å². The second kappa shape index (κ2) is 8.95. The van der Waals surface area contributed by atoms with Crippen LogP contribution >= 0.6 is 23.2 Å². The summed E-state index contributed by atoms with van der Waals surface area (Å²) in [5.41, 5.74) is 1.93. The molecule has 0 unspecified atom stereocenters. The van der Waals surface area contributed by atoms with E-state index >= 15 is 0 Å². The zero-order chi connectivity index (χ0) is 17.5. The van der Waals surface area contributed by atoms with E-state index in [9.17, 15) is 4.79 Å². The van der Waals surface area contributed by atoms with Gasteiger partial charge in [0.1, 0.15) is 5.75 Å². The summed E-state index contributed by atoms with van der Waals surface area (Å²) in [5, 5.41) is 4.10. The lowest BCUT2D eigenvalue weighted by Gasteiger charge is -2.11. The normalized spacial score (nSPS) is 10.7. The number of rotatable bonds is 7. The Morgan fingerprint density at radius 3 is 2.67 bits per heavy atom. The van der Waals surface area contributed by atoms with E-state index in [0.29, 0.717) is 29.4 Å². The minimum Gasteiger partial charge on any atom is -0.491 e. The monoisotopic (exact) mass is 365 g/mol. The number of ether oxygens (including phenoxy) is 1. The highest BCUT2D eigenvalue weighted by atomic mass is 35.5. The van der Waals surface area contributed by atoms with Gasteiger partial charge in [0, 0.05) is 23.0 Å². The van der Waals surface area contributed by atoms with Crippen molar-refractivity contribution in [1.29, 1.82) is 0 Å². The molecule has 0 fully saturated rings. The van der Waals surface area contributed by atoms with Crippen LogP contribution in [0.25, 0.3) is 0 Å². The number of benzene rings is 2. The van der Waals surface area contributed by atoms with Gasteiger partial charge in [-0.05, 0) is 55.7 Å². The number of nitrogens with one attached hydrogen (secondary N) is 1. The molecule has 0 bridgehead atoms. The Morgan fingerprint density at radius 2 is 1.96 bits per heavy atom. The van der Waals surface area contributed by atoms with Gasteiger partial charge in [-0.15, -0.1) is 0 Å². The Kier molecular flexibility index (Phi) is 6.95. The molecule has 2 aromatic rings. The zero-order valence-corrected chi connectivity index (χ0v) is 15.3. The molecule has 0 saturated heterocycles. The Bertz CT molecular complexity index is 702. The van der Waals surface area contributed by atoms with Gasteiger partial charge in [-0.2, -0.15) is 0 Å². The van der Waals surface area contributed by atoms with Gasteiger partial charge in [0.2, 0.25) is 5.91 Å². The van der Waals surface area contributed by atoms with E-state index in [1.165, 1.54) is 0 Å². The molecule has 0 aliphatic carbocycles. The van der Waals surface area contributed by atoms with Crippen LogP contribution in [-0.4, -0.2) is 12.0 Å². The first-order valence-electron chi connectivity index (χ1n) is 7.90. The van der Waals surface area contributed by atoms with Crippen LogP contribution in [0.5, 0.6) is 5.75 Å². The van der Waals surface area contributed by atoms with Gasteiger partial charge in [-0.25, -0.2) is 0 Å². The molecule has 0 radical (unpaired) electrons. The highest BCUT2D eigenvalue weighted by molar-refractivity contribution is 6.35. The highest BCUT2D eigenvalue weighted by Crippen LogP contribution is 2.22. The molecular formula is C19H21Cl2NO2. The molecular weight excluding hydrogens is 345 g/mol. The largest absolute Gasteiger partial charge is 0.491 e. The standard InChI is InChI=1S/C19H21Cl2NO2/c1-13(2)24-17-5-3-4-14(10-17)12-22-19(23)9-7-15-6-8-16(20)11-18(15)21/h3-6,8,10-11,13H,7,9,12H2,1-2H3,(H,22,23). The molecule has 2 aromatic carbocycles. The third-order valence-corrected chi connectivity index (χ3v) is 3.98. The molecule has 0 saturated carbocycles. The van der Waals surface area contributed by atoms with Gasteiger partial charge < -0.3 is 10.1 Å². The molecule has 0 heterocycles. The molecule has 0 aromatic heterocycles. The van der Waals surface area contributed by atoms with Crippen molar-refractivity contribution in [2.75, 3.05) is 0 Å². The zero-order valence-electron chi connectivity index (χ0n) is 13.8. The molecule has 0 aliphatic rings. The number of amides is 1. The molecule has 24 heavy (non-hydrogen) atoms. The summed E-state index contributed by atoms with van der Waals surface area (Å²) in [6.07, 6.45) is 1.08. The number of hydrogen-bond acceptors (Lipinski definition) is 2. The Labute approximate surface area is 152 Å². The molecule has 0 spiro atoms. The van der Waals surface area contributed by atoms with Crippen LogP contribution in [0.15, 0.2) is 42.5 Å². The maximum absolute atomic E-state index is 12.0. The molecule has 3 nitrogen and oxygen atoms in total. The number of aryl methyl sites for hydroxylation is 1. The van der Waals surface area contributed by atoms with Crippen LogP contribution in [0.1, 0.15) is 31.4 Å². The van der Waals surface area contributed by atoms with E-state index < -0.39 is 0 Å². The van der Waals surface area contributed by atoms with Crippen LogP contribution in [0.4, 0.5) is 0 Å². The lowest BCUT2D eigenvalue weighted by Crippen LogP contribution is -2.23. The fraction of sp³-hybridized carbons (Fsp3) is 0.316. The van der Waals surface area contributed by atoms with Crippen molar-refractivity contribution >= 4 is 29.1 Å². The molecule has 2 rings (SSSR count). The van der Waals surface area contributed by atoms with Gasteiger partial charge in [-0.1, -0.05) is 41.4 Å². The number of carbonyl (C=O) groups excluding carboxylic acids is 1. The quantitative estimate of drug-likeness (QED) is 0.746. The van der Waals surface area contributed by atoms with E-state index in [-0.39, 0.29) is 12.0 Å². The minimum atomic E-state index is -0.0174. The summed E-state index contributed by atoms with van der Waals surface area (Å²) >= 11 is 12.0. The maximum Gasteiger partial charge on any atom is 0.220 e. The first-order valence-corrected chi connectivity index (χ1v) is 8.66. The summed E-state index contributed by atoms with van der Waals surface area (Å²) in [6.45, 7) is 4.44. The van der Waals surface area contributed by atoms with Crippen LogP contribution in [0.3, 0.4) is 0 Å². The summed E-state index contributed by atoms with van der Waals surface area (Å²) < 4.78 is 5.65. The van der Waals surface area contributed by atoms with Crippen LogP contribution in [-0.2, 0) is 17.8 Å². The molecule has 128 valence electrons. The number of hydrogen-bond donors (Lipinski definition) is 1. The fourth-order valence-electron chi connectivity index (χ4n) is 2.26. The van der Waals surface area contributed by atoms with Gasteiger partial charge in [0.05, 0.1) is 6.10 Å². The van der Waals surface area contributed by atoms with Crippen molar-refractivity contribution in [2.24, 2.45) is 0 Å². The molecule has 0 aliphatic heterocycles. The van der Waals surface area contributed by atoms with Gasteiger partial charge in [0.15, 0.2) is 0 Å². The topological polar surface area (TPSA) is 38.3 Å². The number of halogens is 2. The van der Waals surface area contributed by atoms with E-state index in [2.05, 4.69) is 5.32 Å². The molecule has 0 atom stereocenters. The van der Waals surface area contributed by atoms with E-state index in [1.807, 2.05) is 44.2 Å². The van der Waals surface area contributed by atoms with Crippen LogP contribution < -0.4 is 10.1 Å². The summed E-state index contributed by atoms with van der Waals surface area (Å²) in [7, 11) is 0. The van der Waals surface area contributed by atoms with Gasteiger partial charge >= 0.3 is 0 Å². The Balaban J connectivity index is 1.82. The van der Waals surface area contributed by atoms with Crippen LogP contribution in [0, 0.1) is 0 Å². The van der Waals surface area contributed by atoms with Crippen molar-refractivity contribution in [3.63, 3.8) is 0 Å². The highest BCUT2D eigenvalue weighted by Gasteiger charge is 2.06. The van der Waals surface area contributed by atoms with Gasteiger partial charge in [-0.3, -0.25) is 4.79 Å². The first-order chi connectivity index (χ1) is 11.4. The van der Waals surface area contributed by atoms with Gasteiger partial charge in [0.25, 0.3) is 0 Å². The molecule has 1 N–H and O–H groups in total. The second-order valence-electron chi connectivity index (χ2n) is 5.83. The summed E-state index contributed by atoms with van der Waals surface area (Å²) in [5.74, 6) is 0.792. The third-order valence-electron chi connectivity index (χ3n) is 3.40. The predicted octanol–water partition coefficient (Wildman–Crippen LogP) is 5.03. The van der Waals surface area contributed by atoms with Crippen molar-refractivity contribution < 1.29 is 9.53 Å². The van der Waals surface area contributed by atoms with Crippen molar-refractivity contribution in [1.82, 2.24) is 5.32 Å². The Hall–Kier alpha value is -1.71.